The van der Waals surface area contributed by atoms with Gasteiger partial charge in [-0.15, -0.1) is 0 Å². The Bertz CT molecular complexity index is 94.9. The van der Waals surface area contributed by atoms with Crippen LogP contribution in [0, 0.1) is 0 Å². The molecule has 0 saturated carbocycles. The minimum absolute atomic E-state index is 0. The number of hydrogen-bond donors (Lipinski definition) is 0. The number of hydrogen-bond acceptors (Lipinski definition) is 4. The van der Waals surface area contributed by atoms with Gasteiger partial charge in [-0.05, 0) is 0 Å². The van der Waals surface area contributed by atoms with Crippen molar-refractivity contribution in [3.05, 3.63) is 0 Å². The average molecular weight is 304 g/mol. The Morgan fingerprint density at radius 1 is 1.33 bits per heavy atom. The molecule has 0 aromatic rings. The zero-order valence-corrected chi connectivity index (χ0v) is 7.25. The van der Waals surface area contributed by atoms with Crippen LogP contribution in [0.1, 0.15) is 1.43 Å². The first-order valence-corrected chi connectivity index (χ1v) is 2.00. The molecule has 0 aliphatic rings. The summed E-state index contributed by atoms with van der Waals surface area (Å²) in [5.41, 5.74) is 0. The fraction of sp³-hybridized carbons (Fsp3) is 0. The molecule has 0 aliphatic heterocycles. The molecule has 0 N–H and O–H groups in total. The first-order chi connectivity index (χ1) is 2.00. The van der Waals surface area contributed by atoms with Gasteiger partial charge in [-0.1, -0.05) is 0 Å². The first kappa shape index (κ1) is 9.92. The van der Waals surface area contributed by atoms with E-state index in [-0.39, 0.29) is 28.7 Å². The summed E-state index contributed by atoms with van der Waals surface area (Å²) in [6.45, 7) is 0. The predicted molar refractivity (Wildman–Crippen MR) is 17.3 cm³/mol. The summed E-state index contributed by atoms with van der Waals surface area (Å²) in [6, 6.07) is 0. The maximum absolute atomic E-state index is 8.52. The van der Waals surface area contributed by atoms with Crippen LogP contribution in [0.25, 0.3) is 0 Å². The van der Waals surface area contributed by atoms with Gasteiger partial charge >= 0.3 is 1.43 Å². The topological polar surface area (TPSA) is 80.3 Å². The molecule has 0 atom stereocenters. The molecular weight excluding hydrogens is 303 g/mol. The molecule has 4 radical (unpaired) electrons. The molecule has 0 aliphatic carbocycles. The van der Waals surface area contributed by atoms with E-state index in [0.29, 0.717) is 0 Å². The first-order valence-electron chi connectivity index (χ1n) is 0.667. The van der Waals surface area contributed by atoms with E-state index < -0.39 is 10.4 Å². The summed E-state index contributed by atoms with van der Waals surface area (Å²) in [4.78, 5) is 0. The van der Waals surface area contributed by atoms with Gasteiger partial charge in [0.25, 0.3) is 0 Å². The molecule has 0 spiro atoms. The van der Waals surface area contributed by atoms with Gasteiger partial charge in [0, 0.05) is 37.7 Å². The van der Waals surface area contributed by atoms with Crippen LogP contribution < -0.4 is 0 Å². The van der Waals surface area contributed by atoms with Gasteiger partial charge in [0.15, 0.2) is 0 Å². The SMILES string of the molecule is O=S(=O)([O-])[O-].[H+].[Pb]. The average Bonchev–Trinajstić information content (AvgIpc) is 0.722. The third-order valence-electron chi connectivity index (χ3n) is 0. The van der Waals surface area contributed by atoms with Crippen molar-refractivity contribution in [2.24, 2.45) is 0 Å². The summed E-state index contributed by atoms with van der Waals surface area (Å²) in [5.74, 6) is 0. The van der Waals surface area contributed by atoms with E-state index in [4.69, 9.17) is 17.5 Å². The predicted octanol–water partition coefficient (Wildman–Crippen LogP) is -1.61. The van der Waals surface area contributed by atoms with E-state index in [1.807, 2.05) is 0 Å². The van der Waals surface area contributed by atoms with Crippen LogP contribution >= 0.6 is 0 Å². The number of rotatable bonds is 0. The molecule has 0 amide bonds. The largest absolute Gasteiger partial charge is 1.00 e. The van der Waals surface area contributed by atoms with Crippen LogP contribution in [-0.4, -0.2) is 44.8 Å². The zero-order valence-electron chi connectivity index (χ0n) is 3.54. The second kappa shape index (κ2) is 2.88. The van der Waals surface area contributed by atoms with Crippen molar-refractivity contribution in [3.63, 3.8) is 0 Å². The van der Waals surface area contributed by atoms with E-state index in [0.717, 1.165) is 0 Å². The van der Waals surface area contributed by atoms with Gasteiger partial charge in [-0.2, -0.15) is 0 Å². The van der Waals surface area contributed by atoms with Crippen LogP contribution in [0.2, 0.25) is 0 Å². The van der Waals surface area contributed by atoms with Crippen molar-refractivity contribution >= 4 is 37.7 Å². The Morgan fingerprint density at radius 2 is 1.33 bits per heavy atom. The fourth-order valence-electron chi connectivity index (χ4n) is 0. The van der Waals surface area contributed by atoms with Gasteiger partial charge in [-0.3, -0.25) is 8.42 Å². The van der Waals surface area contributed by atoms with Crippen LogP contribution in [0.3, 0.4) is 0 Å². The molecule has 0 bridgehead atoms. The molecule has 0 aromatic carbocycles. The monoisotopic (exact) mass is 305 g/mol. The Hall–Kier alpha value is 0.792. The van der Waals surface area contributed by atoms with Gasteiger partial charge in [0.05, 0.1) is 0 Å². The molecule has 0 heterocycles. The van der Waals surface area contributed by atoms with Crippen molar-refractivity contribution in [1.29, 1.82) is 0 Å². The van der Waals surface area contributed by atoms with Crippen molar-refractivity contribution in [2.75, 3.05) is 0 Å². The zero-order chi connectivity index (χ0) is 4.50. The normalized spacial score (nSPS) is 9.67. The molecule has 0 rings (SSSR count). The third-order valence-corrected chi connectivity index (χ3v) is 0. The van der Waals surface area contributed by atoms with Gasteiger partial charge < -0.3 is 9.11 Å². The minimum Gasteiger partial charge on any atom is -0.759 e. The Balaban J connectivity index is -0.0000000800. The van der Waals surface area contributed by atoms with Crippen LogP contribution in [0.15, 0.2) is 0 Å². The van der Waals surface area contributed by atoms with Crippen molar-refractivity contribution in [2.45, 2.75) is 0 Å². The molecule has 0 aromatic heterocycles. The van der Waals surface area contributed by atoms with Crippen molar-refractivity contribution in [1.82, 2.24) is 0 Å². The summed E-state index contributed by atoms with van der Waals surface area (Å²) in [5, 5.41) is 0. The Morgan fingerprint density at radius 3 is 1.33 bits per heavy atom. The summed E-state index contributed by atoms with van der Waals surface area (Å²) >= 11 is 0. The summed E-state index contributed by atoms with van der Waals surface area (Å²) < 4.78 is 34.1. The minimum atomic E-state index is -5.17. The Kier molecular flexibility index (Phi) is 4.77. The van der Waals surface area contributed by atoms with Crippen molar-refractivity contribution in [3.8, 4) is 0 Å². The molecule has 6 heavy (non-hydrogen) atoms. The Labute approximate surface area is 56.8 Å². The second-order valence-electron chi connectivity index (χ2n) is 0.408. The third kappa shape index (κ3) is 110. The van der Waals surface area contributed by atoms with Crippen LogP contribution in [0.5, 0.6) is 0 Å². The molecule has 4 nitrogen and oxygen atoms in total. The van der Waals surface area contributed by atoms with E-state index in [9.17, 15) is 0 Å². The van der Waals surface area contributed by atoms with Crippen LogP contribution in [-0.2, 0) is 10.4 Å². The van der Waals surface area contributed by atoms with E-state index in [1.165, 1.54) is 0 Å². The molecule has 36 valence electrons. The van der Waals surface area contributed by atoms with Gasteiger partial charge in [-0.25, -0.2) is 0 Å². The summed E-state index contributed by atoms with van der Waals surface area (Å²) in [6.07, 6.45) is 0. The summed E-state index contributed by atoms with van der Waals surface area (Å²) in [7, 11) is -5.17. The van der Waals surface area contributed by atoms with E-state index in [2.05, 4.69) is 0 Å². The molecule has 0 unspecified atom stereocenters. The quantitative estimate of drug-likeness (QED) is 0.306. The van der Waals surface area contributed by atoms with E-state index >= 15 is 0 Å². The van der Waals surface area contributed by atoms with Crippen LogP contribution in [0.4, 0.5) is 0 Å². The molecular formula is HO4PbS-. The smallest absolute Gasteiger partial charge is 0.759 e. The van der Waals surface area contributed by atoms with Crippen molar-refractivity contribution < 1.29 is 18.9 Å². The van der Waals surface area contributed by atoms with E-state index in [1.54, 1.807) is 0 Å². The van der Waals surface area contributed by atoms with Gasteiger partial charge in [0.1, 0.15) is 0 Å². The maximum Gasteiger partial charge on any atom is 1.00 e. The fourth-order valence-corrected chi connectivity index (χ4v) is 0. The standard InChI is InChI=1S/H2O4S.Pb/c1-5(2,3)4;/h(H2,1,2,3,4);/p-1. The molecule has 0 fully saturated rings. The second-order valence-corrected chi connectivity index (χ2v) is 1.22. The molecule has 0 saturated heterocycles. The molecule has 6 heteroatoms. The van der Waals surface area contributed by atoms with Gasteiger partial charge in [0.2, 0.25) is 0 Å². The maximum atomic E-state index is 8.52.